The Kier molecular flexibility index (Phi) is 22.3. The zero-order chi connectivity index (χ0) is 20.7. The van der Waals surface area contributed by atoms with Crippen molar-refractivity contribution in [2.45, 2.75) is 149 Å². The largest absolute Gasteiger partial charge is 0.465 e. The number of unbranched alkanes of at least 4 members (excludes halogenated alkanes) is 15. The van der Waals surface area contributed by atoms with E-state index < -0.39 is 0 Å². The molecule has 0 heterocycles. The Bertz CT molecular complexity index is 314. The van der Waals surface area contributed by atoms with Gasteiger partial charge in [-0.1, -0.05) is 130 Å². The molecule has 0 saturated carbocycles. The van der Waals surface area contributed by atoms with Gasteiger partial charge in [0.2, 0.25) is 0 Å². The monoisotopic (exact) mass is 396 g/mol. The minimum atomic E-state index is 0.0870. The lowest BCUT2D eigenvalue weighted by molar-refractivity contribution is -0.149. The molecule has 0 saturated heterocycles. The molecule has 0 aliphatic carbocycles. The molecule has 0 spiro atoms. The van der Waals surface area contributed by atoms with E-state index >= 15 is 0 Å². The van der Waals surface area contributed by atoms with Gasteiger partial charge in [0.1, 0.15) is 0 Å². The van der Waals surface area contributed by atoms with Crippen LogP contribution in [0.5, 0.6) is 0 Å². The molecule has 0 N–H and O–H groups in total. The maximum absolute atomic E-state index is 12.5. The van der Waals surface area contributed by atoms with Gasteiger partial charge in [0.15, 0.2) is 0 Å². The van der Waals surface area contributed by atoms with E-state index in [-0.39, 0.29) is 11.9 Å². The van der Waals surface area contributed by atoms with Crippen LogP contribution in [0.1, 0.15) is 149 Å². The number of hydrogen-bond donors (Lipinski definition) is 0. The summed E-state index contributed by atoms with van der Waals surface area (Å²) in [6.45, 7) is 7.36. The Hall–Kier alpha value is -0.530. The minimum absolute atomic E-state index is 0.0870. The average Bonchev–Trinajstić information content (AvgIpc) is 2.70. The van der Waals surface area contributed by atoms with Crippen LogP contribution in [0.2, 0.25) is 0 Å². The van der Waals surface area contributed by atoms with Gasteiger partial charge in [0.05, 0.1) is 12.5 Å². The Balaban J connectivity index is 3.88. The van der Waals surface area contributed by atoms with Gasteiger partial charge in [-0.15, -0.1) is 0 Å². The fourth-order valence-corrected chi connectivity index (χ4v) is 3.90. The predicted molar refractivity (Wildman–Crippen MR) is 124 cm³/mol. The van der Waals surface area contributed by atoms with E-state index in [1.165, 1.54) is 109 Å². The molecule has 0 amide bonds. The molecule has 0 aromatic heterocycles. The van der Waals surface area contributed by atoms with Crippen LogP contribution in [0.4, 0.5) is 0 Å². The van der Waals surface area contributed by atoms with Crippen molar-refractivity contribution in [3.05, 3.63) is 0 Å². The summed E-state index contributed by atoms with van der Waals surface area (Å²) in [6.07, 6.45) is 25.3. The molecular weight excluding hydrogens is 344 g/mol. The molecule has 0 aliphatic heterocycles. The van der Waals surface area contributed by atoms with Gasteiger partial charge in [0, 0.05) is 0 Å². The van der Waals surface area contributed by atoms with Gasteiger partial charge in [-0.3, -0.25) is 4.79 Å². The Morgan fingerprint density at radius 3 is 1.36 bits per heavy atom. The van der Waals surface area contributed by atoms with E-state index in [2.05, 4.69) is 20.8 Å². The normalized spacial score (nSPS) is 12.2. The van der Waals surface area contributed by atoms with Crippen LogP contribution in [0.25, 0.3) is 0 Å². The fraction of sp³-hybridized carbons (Fsp3) is 0.962. The van der Waals surface area contributed by atoms with E-state index in [0.29, 0.717) is 6.61 Å². The number of esters is 1. The molecule has 2 nitrogen and oxygen atoms in total. The molecule has 0 aromatic rings. The van der Waals surface area contributed by atoms with Gasteiger partial charge in [-0.05, 0) is 19.3 Å². The number of carbonyl (C=O) groups excluding carboxylic acids is 1. The maximum Gasteiger partial charge on any atom is 0.308 e. The lowest BCUT2D eigenvalue weighted by Gasteiger charge is -2.16. The van der Waals surface area contributed by atoms with Crippen molar-refractivity contribution < 1.29 is 9.53 Å². The van der Waals surface area contributed by atoms with Crippen molar-refractivity contribution >= 4 is 5.97 Å². The summed E-state index contributed by atoms with van der Waals surface area (Å²) in [7, 11) is 0. The average molecular weight is 397 g/mol. The SMILES string of the molecule is CCCCCCCCCCCCC(CCCCCC)C(=O)OCCCCCC. The summed E-state index contributed by atoms with van der Waals surface area (Å²) < 4.78 is 5.61. The number of hydrogen-bond acceptors (Lipinski definition) is 2. The first kappa shape index (κ1) is 27.5. The molecule has 0 aromatic carbocycles. The molecule has 0 radical (unpaired) electrons. The molecule has 1 atom stereocenters. The van der Waals surface area contributed by atoms with Gasteiger partial charge in [0.25, 0.3) is 0 Å². The highest BCUT2D eigenvalue weighted by atomic mass is 16.5. The van der Waals surface area contributed by atoms with Crippen molar-refractivity contribution in [3.8, 4) is 0 Å². The van der Waals surface area contributed by atoms with Crippen LogP contribution >= 0.6 is 0 Å². The van der Waals surface area contributed by atoms with Crippen molar-refractivity contribution in [1.29, 1.82) is 0 Å². The molecule has 0 aliphatic rings. The summed E-state index contributed by atoms with van der Waals surface area (Å²) in [5, 5.41) is 0. The first-order valence-corrected chi connectivity index (χ1v) is 12.9. The fourth-order valence-electron chi connectivity index (χ4n) is 3.90. The maximum atomic E-state index is 12.5. The smallest absolute Gasteiger partial charge is 0.308 e. The highest BCUT2D eigenvalue weighted by Crippen LogP contribution is 2.21. The van der Waals surface area contributed by atoms with Crippen molar-refractivity contribution in [2.24, 2.45) is 5.92 Å². The second-order valence-electron chi connectivity index (χ2n) is 8.75. The Labute approximate surface area is 177 Å². The quantitative estimate of drug-likeness (QED) is 0.135. The topological polar surface area (TPSA) is 26.3 Å². The number of rotatable bonds is 22. The third-order valence-corrected chi connectivity index (χ3v) is 5.89. The highest BCUT2D eigenvalue weighted by Gasteiger charge is 2.19. The van der Waals surface area contributed by atoms with Gasteiger partial charge in [-0.2, -0.15) is 0 Å². The van der Waals surface area contributed by atoms with Crippen molar-refractivity contribution in [1.82, 2.24) is 0 Å². The van der Waals surface area contributed by atoms with Crippen LogP contribution < -0.4 is 0 Å². The Morgan fingerprint density at radius 1 is 0.536 bits per heavy atom. The van der Waals surface area contributed by atoms with E-state index in [9.17, 15) is 4.79 Å². The third kappa shape index (κ3) is 18.8. The van der Waals surface area contributed by atoms with Gasteiger partial charge >= 0.3 is 5.97 Å². The number of ether oxygens (including phenoxy) is 1. The van der Waals surface area contributed by atoms with Crippen LogP contribution in [0.15, 0.2) is 0 Å². The molecule has 0 bridgehead atoms. The van der Waals surface area contributed by atoms with Gasteiger partial charge < -0.3 is 4.74 Å². The summed E-state index contributed by atoms with van der Waals surface area (Å²) in [5.74, 6) is 0.237. The van der Waals surface area contributed by atoms with Crippen LogP contribution in [-0.2, 0) is 9.53 Å². The van der Waals surface area contributed by atoms with E-state index in [4.69, 9.17) is 4.74 Å². The zero-order valence-corrected chi connectivity index (χ0v) is 19.7. The first-order valence-electron chi connectivity index (χ1n) is 12.9. The van der Waals surface area contributed by atoms with E-state index in [1.54, 1.807) is 0 Å². The summed E-state index contributed by atoms with van der Waals surface area (Å²) in [5.41, 5.74) is 0. The standard InChI is InChI=1S/C26H52O2/c1-4-7-10-13-14-15-16-17-18-20-23-25(22-19-11-8-5-2)26(27)28-24-21-12-9-6-3/h25H,4-24H2,1-3H3. The van der Waals surface area contributed by atoms with Gasteiger partial charge in [-0.25, -0.2) is 0 Å². The lowest BCUT2D eigenvalue weighted by Crippen LogP contribution is -2.18. The molecule has 168 valence electrons. The summed E-state index contributed by atoms with van der Waals surface area (Å²) in [6, 6.07) is 0. The molecule has 2 heteroatoms. The van der Waals surface area contributed by atoms with E-state index in [0.717, 1.165) is 19.3 Å². The lowest BCUT2D eigenvalue weighted by atomic mass is 9.94. The second kappa shape index (κ2) is 22.8. The summed E-state index contributed by atoms with van der Waals surface area (Å²) >= 11 is 0. The molecular formula is C26H52O2. The van der Waals surface area contributed by atoms with Crippen LogP contribution in [0.3, 0.4) is 0 Å². The molecule has 28 heavy (non-hydrogen) atoms. The molecule has 0 rings (SSSR count). The third-order valence-electron chi connectivity index (χ3n) is 5.89. The van der Waals surface area contributed by atoms with E-state index in [1.807, 2.05) is 0 Å². The first-order chi connectivity index (χ1) is 13.8. The zero-order valence-electron chi connectivity index (χ0n) is 19.7. The highest BCUT2D eigenvalue weighted by molar-refractivity contribution is 5.72. The number of carbonyl (C=O) groups is 1. The second-order valence-corrected chi connectivity index (χ2v) is 8.75. The molecule has 0 fully saturated rings. The predicted octanol–water partition coefficient (Wildman–Crippen LogP) is 9.01. The summed E-state index contributed by atoms with van der Waals surface area (Å²) in [4.78, 5) is 12.5. The van der Waals surface area contributed by atoms with Crippen LogP contribution in [-0.4, -0.2) is 12.6 Å². The molecule has 1 unspecified atom stereocenters. The van der Waals surface area contributed by atoms with Crippen LogP contribution in [0, 0.1) is 5.92 Å². The Morgan fingerprint density at radius 2 is 0.893 bits per heavy atom. The minimum Gasteiger partial charge on any atom is -0.465 e. The van der Waals surface area contributed by atoms with Crippen molar-refractivity contribution in [3.63, 3.8) is 0 Å². The van der Waals surface area contributed by atoms with Crippen molar-refractivity contribution in [2.75, 3.05) is 6.61 Å².